The van der Waals surface area contributed by atoms with Gasteiger partial charge in [0.1, 0.15) is 30.3 Å². The molecule has 1 aromatic rings. The first-order valence-corrected chi connectivity index (χ1v) is 15.9. The van der Waals surface area contributed by atoms with Crippen molar-refractivity contribution < 1.29 is 28.7 Å². The molecule has 1 aromatic carbocycles. The maximum absolute atomic E-state index is 14.2. The molecule has 4 amide bonds. The van der Waals surface area contributed by atoms with E-state index in [2.05, 4.69) is 16.6 Å². The zero-order valence-corrected chi connectivity index (χ0v) is 26.8. The number of benzene rings is 1. The standard InChI is InChI=1S/C34H48N4O6/c1-7-20-43-27-21-24-16-11-12-17-25(24)29(27)36-31(40)26-18-13-19-38(26)32(41)28(23-14-9-8-10-15-23)35-30(39)22(2)37(6)33(42)44-34(3,4)5/h1,11-12,16-17,22-23,26-29H,8-10,13-15,18-21H2,2-6H3,(H,35,39)(H,36,40)/t22-,26-,27-,28-,29-/m0/s1. The van der Waals surface area contributed by atoms with E-state index in [0.717, 1.165) is 43.2 Å². The lowest BCUT2D eigenvalue weighted by molar-refractivity contribution is -0.144. The van der Waals surface area contributed by atoms with Crippen molar-refractivity contribution in [2.24, 2.45) is 5.92 Å². The Hall–Kier alpha value is -3.58. The first-order valence-electron chi connectivity index (χ1n) is 15.9. The number of hydrogen-bond donors (Lipinski definition) is 2. The van der Waals surface area contributed by atoms with Crippen molar-refractivity contribution in [3.63, 3.8) is 0 Å². The molecule has 10 heteroatoms. The molecule has 0 spiro atoms. The fourth-order valence-corrected chi connectivity index (χ4v) is 6.56. The molecule has 3 aliphatic rings. The van der Waals surface area contributed by atoms with Gasteiger partial charge in [-0.1, -0.05) is 49.4 Å². The number of hydrogen-bond acceptors (Lipinski definition) is 6. The highest BCUT2D eigenvalue weighted by atomic mass is 16.6. The number of terminal acetylenes is 1. The fourth-order valence-electron chi connectivity index (χ4n) is 6.56. The molecular weight excluding hydrogens is 560 g/mol. The van der Waals surface area contributed by atoms with Gasteiger partial charge in [-0.2, -0.15) is 0 Å². The van der Waals surface area contributed by atoms with Crippen molar-refractivity contribution in [3.05, 3.63) is 35.4 Å². The quantitative estimate of drug-likeness (QED) is 0.413. The second kappa shape index (κ2) is 14.5. The van der Waals surface area contributed by atoms with Crippen molar-refractivity contribution in [2.75, 3.05) is 20.2 Å². The van der Waals surface area contributed by atoms with Gasteiger partial charge in [-0.05, 0) is 70.4 Å². The molecule has 4 rings (SSSR count). The summed E-state index contributed by atoms with van der Waals surface area (Å²) in [7, 11) is 1.51. The topological polar surface area (TPSA) is 117 Å². The van der Waals surface area contributed by atoms with Gasteiger partial charge in [-0.25, -0.2) is 4.79 Å². The van der Waals surface area contributed by atoms with Crippen molar-refractivity contribution in [3.8, 4) is 12.3 Å². The molecule has 5 atom stereocenters. The Morgan fingerprint density at radius 3 is 2.48 bits per heavy atom. The third kappa shape index (κ3) is 7.92. The molecule has 2 N–H and O–H groups in total. The second-order valence-corrected chi connectivity index (χ2v) is 13.3. The van der Waals surface area contributed by atoms with Gasteiger partial charge < -0.3 is 25.0 Å². The van der Waals surface area contributed by atoms with Crippen molar-refractivity contribution in [1.82, 2.24) is 20.4 Å². The minimum Gasteiger partial charge on any atom is -0.444 e. The van der Waals surface area contributed by atoms with Crippen LogP contribution >= 0.6 is 0 Å². The summed E-state index contributed by atoms with van der Waals surface area (Å²) in [6.07, 6.45) is 11.0. The first kappa shape index (κ1) is 33.3. The number of likely N-dealkylation sites (N-methyl/N-ethyl adjacent to an activating group) is 1. The predicted octanol–water partition coefficient (Wildman–Crippen LogP) is 3.73. The van der Waals surface area contributed by atoms with E-state index < -0.39 is 35.7 Å². The van der Waals surface area contributed by atoms with Crippen LogP contribution < -0.4 is 10.6 Å². The largest absolute Gasteiger partial charge is 0.444 e. The van der Waals surface area contributed by atoms with E-state index in [0.29, 0.717) is 25.8 Å². The highest BCUT2D eigenvalue weighted by Gasteiger charge is 2.43. The average Bonchev–Trinajstić information content (AvgIpc) is 3.62. The molecule has 0 unspecified atom stereocenters. The summed E-state index contributed by atoms with van der Waals surface area (Å²) in [6.45, 7) is 7.48. The molecule has 0 aromatic heterocycles. The lowest BCUT2D eigenvalue weighted by atomic mass is 9.83. The third-order valence-corrected chi connectivity index (χ3v) is 9.03. The number of ether oxygens (including phenoxy) is 2. The van der Waals surface area contributed by atoms with Gasteiger partial charge in [-0.3, -0.25) is 19.3 Å². The molecule has 1 aliphatic heterocycles. The normalized spacial score (nSPS) is 23.2. The van der Waals surface area contributed by atoms with Crippen LogP contribution in [0.4, 0.5) is 4.79 Å². The van der Waals surface area contributed by atoms with Crippen LogP contribution in [-0.2, 0) is 30.3 Å². The number of carbonyl (C=O) groups excluding carboxylic acids is 4. The molecule has 1 saturated heterocycles. The van der Waals surface area contributed by atoms with Gasteiger partial charge in [0, 0.05) is 20.0 Å². The number of amides is 4. The van der Waals surface area contributed by atoms with Gasteiger partial charge in [0.25, 0.3) is 0 Å². The van der Waals surface area contributed by atoms with Crippen molar-refractivity contribution >= 4 is 23.8 Å². The Morgan fingerprint density at radius 1 is 1.09 bits per heavy atom. The smallest absolute Gasteiger partial charge is 0.410 e. The molecule has 240 valence electrons. The summed E-state index contributed by atoms with van der Waals surface area (Å²) in [5.41, 5.74) is 1.39. The number of fused-ring (bicyclic) bond motifs is 1. The predicted molar refractivity (Wildman–Crippen MR) is 166 cm³/mol. The third-order valence-electron chi connectivity index (χ3n) is 9.03. The lowest BCUT2D eigenvalue weighted by Gasteiger charge is -2.36. The van der Waals surface area contributed by atoms with E-state index in [1.807, 2.05) is 24.3 Å². The van der Waals surface area contributed by atoms with Gasteiger partial charge in [0.2, 0.25) is 17.7 Å². The molecule has 1 heterocycles. The average molecular weight is 609 g/mol. The fraction of sp³-hybridized carbons (Fsp3) is 0.647. The van der Waals surface area contributed by atoms with Crippen LogP contribution in [0.5, 0.6) is 0 Å². The molecule has 44 heavy (non-hydrogen) atoms. The summed E-state index contributed by atoms with van der Waals surface area (Å²) < 4.78 is 11.4. The molecule has 10 nitrogen and oxygen atoms in total. The van der Waals surface area contributed by atoms with E-state index in [9.17, 15) is 19.2 Å². The summed E-state index contributed by atoms with van der Waals surface area (Å²) in [6, 6.07) is 5.24. The number of rotatable bonds is 9. The number of likely N-dealkylation sites (tertiary alicyclic amines) is 1. The minimum atomic E-state index is -0.858. The first-order chi connectivity index (χ1) is 20.9. The zero-order valence-electron chi connectivity index (χ0n) is 26.8. The van der Waals surface area contributed by atoms with Crippen LogP contribution in [0, 0.1) is 18.3 Å². The zero-order chi connectivity index (χ0) is 32.0. The van der Waals surface area contributed by atoms with Crippen LogP contribution in [0.1, 0.15) is 89.8 Å². The second-order valence-electron chi connectivity index (χ2n) is 13.3. The van der Waals surface area contributed by atoms with E-state index in [1.54, 1.807) is 32.6 Å². The Kier molecular flexibility index (Phi) is 11.0. The summed E-state index contributed by atoms with van der Waals surface area (Å²) >= 11 is 0. The Balaban J connectivity index is 1.49. The molecule has 2 aliphatic carbocycles. The van der Waals surface area contributed by atoms with Gasteiger partial charge in [0.15, 0.2) is 0 Å². The Morgan fingerprint density at radius 2 is 1.80 bits per heavy atom. The van der Waals surface area contributed by atoms with Crippen LogP contribution in [0.25, 0.3) is 0 Å². The van der Waals surface area contributed by atoms with Gasteiger partial charge in [0.05, 0.1) is 12.1 Å². The molecule has 0 radical (unpaired) electrons. The highest BCUT2D eigenvalue weighted by molar-refractivity contribution is 5.94. The van der Waals surface area contributed by atoms with E-state index in [1.165, 1.54) is 11.9 Å². The molecular formula is C34H48N4O6. The monoisotopic (exact) mass is 608 g/mol. The van der Waals surface area contributed by atoms with Crippen LogP contribution in [0.15, 0.2) is 24.3 Å². The summed E-state index contributed by atoms with van der Waals surface area (Å²) in [5.74, 6) is 1.54. The van der Waals surface area contributed by atoms with Crippen LogP contribution in [0.2, 0.25) is 0 Å². The SMILES string of the molecule is C#CCO[C@H]1Cc2ccccc2[C@@H]1NC(=O)[C@@H]1CCCN1C(=O)[C@@H](NC(=O)[C@H](C)N(C)C(=O)OC(C)(C)C)C1CCCCC1. The maximum Gasteiger partial charge on any atom is 0.410 e. The number of nitrogens with one attached hydrogen (secondary N) is 2. The maximum atomic E-state index is 14.2. The van der Waals surface area contributed by atoms with E-state index in [4.69, 9.17) is 15.9 Å². The van der Waals surface area contributed by atoms with Crippen molar-refractivity contribution in [1.29, 1.82) is 0 Å². The molecule has 2 fully saturated rings. The Labute approximate surface area is 261 Å². The number of carbonyl (C=O) groups is 4. The van der Waals surface area contributed by atoms with E-state index in [-0.39, 0.29) is 36.5 Å². The minimum absolute atomic E-state index is 0.0493. The van der Waals surface area contributed by atoms with Gasteiger partial charge in [-0.15, -0.1) is 6.42 Å². The Bertz CT molecular complexity index is 1250. The van der Waals surface area contributed by atoms with E-state index >= 15 is 0 Å². The van der Waals surface area contributed by atoms with Gasteiger partial charge >= 0.3 is 6.09 Å². The molecule has 0 bridgehead atoms. The summed E-state index contributed by atoms with van der Waals surface area (Å²) in [5, 5.41) is 6.16. The lowest BCUT2D eigenvalue weighted by Crippen LogP contribution is -2.59. The number of nitrogens with zero attached hydrogens (tertiary/aromatic N) is 2. The van der Waals surface area contributed by atoms with Crippen LogP contribution in [0.3, 0.4) is 0 Å². The van der Waals surface area contributed by atoms with Crippen LogP contribution in [-0.4, -0.2) is 83.6 Å². The summed E-state index contributed by atoms with van der Waals surface area (Å²) in [4.78, 5) is 57.0. The molecule has 1 saturated carbocycles. The van der Waals surface area contributed by atoms with Crippen molar-refractivity contribution in [2.45, 2.75) is 115 Å². The highest BCUT2D eigenvalue weighted by Crippen LogP contribution is 2.34.